The number of hydrogen-bond acceptors (Lipinski definition) is 2. The molecule has 1 rings (SSSR count). The number of benzene rings is 1. The molecule has 0 aliphatic heterocycles. The van der Waals surface area contributed by atoms with Crippen molar-refractivity contribution in [1.29, 1.82) is 0 Å². The summed E-state index contributed by atoms with van der Waals surface area (Å²) in [5.41, 5.74) is 2.34. The fraction of sp³-hybridized carbons (Fsp3) is 0.562. The lowest BCUT2D eigenvalue weighted by Crippen LogP contribution is -2.37. The average molecular weight is 277 g/mol. The summed E-state index contributed by atoms with van der Waals surface area (Å²) in [6, 6.07) is 6.23. The van der Waals surface area contributed by atoms with Crippen molar-refractivity contribution in [1.82, 2.24) is 10.6 Å². The molecule has 0 bridgehead atoms. The third-order valence-corrected chi connectivity index (χ3v) is 3.19. The minimum absolute atomic E-state index is 0.705. The van der Waals surface area contributed by atoms with Gasteiger partial charge < -0.3 is 15.4 Å². The molecular formula is C16H27N3O. The van der Waals surface area contributed by atoms with Crippen molar-refractivity contribution in [3.05, 3.63) is 29.3 Å². The van der Waals surface area contributed by atoms with E-state index in [1.807, 2.05) is 0 Å². The van der Waals surface area contributed by atoms with Gasteiger partial charge in [0.2, 0.25) is 0 Å². The Kier molecular flexibility index (Phi) is 7.55. The standard InChI is InChI=1S/C16H27N3O/c1-5-6-7-10-18-16(17-3)19-12-14-9-8-13(2)11-15(14)20-4/h8-9,11H,5-7,10,12H2,1-4H3,(H2,17,18,19). The van der Waals surface area contributed by atoms with Gasteiger partial charge in [-0.2, -0.15) is 0 Å². The number of aryl methyl sites for hydroxylation is 1. The van der Waals surface area contributed by atoms with Gasteiger partial charge in [-0.05, 0) is 25.0 Å². The number of nitrogens with zero attached hydrogens (tertiary/aromatic N) is 1. The zero-order valence-electron chi connectivity index (χ0n) is 13.1. The number of hydrogen-bond donors (Lipinski definition) is 2. The summed E-state index contributed by atoms with van der Waals surface area (Å²) < 4.78 is 5.40. The van der Waals surface area contributed by atoms with Gasteiger partial charge in [0.1, 0.15) is 5.75 Å². The van der Waals surface area contributed by atoms with Crippen LogP contribution >= 0.6 is 0 Å². The Morgan fingerprint density at radius 2 is 2.05 bits per heavy atom. The first-order valence-corrected chi connectivity index (χ1v) is 7.29. The van der Waals surface area contributed by atoms with Crippen LogP contribution in [0.25, 0.3) is 0 Å². The van der Waals surface area contributed by atoms with E-state index in [0.717, 1.165) is 23.8 Å². The van der Waals surface area contributed by atoms with Crippen molar-refractivity contribution in [3.8, 4) is 5.75 Å². The van der Waals surface area contributed by atoms with Gasteiger partial charge in [0.25, 0.3) is 0 Å². The first kappa shape index (κ1) is 16.3. The van der Waals surface area contributed by atoms with Crippen molar-refractivity contribution >= 4 is 5.96 Å². The van der Waals surface area contributed by atoms with Crippen molar-refractivity contribution < 1.29 is 4.74 Å². The highest BCUT2D eigenvalue weighted by Gasteiger charge is 2.04. The SMILES string of the molecule is CCCCCNC(=NC)NCc1ccc(C)cc1OC. The molecule has 4 heteroatoms. The summed E-state index contributed by atoms with van der Waals surface area (Å²) >= 11 is 0. The van der Waals surface area contributed by atoms with E-state index in [1.165, 1.54) is 24.8 Å². The van der Waals surface area contributed by atoms with E-state index in [-0.39, 0.29) is 0 Å². The lowest BCUT2D eigenvalue weighted by atomic mass is 10.1. The lowest BCUT2D eigenvalue weighted by Gasteiger charge is -2.14. The molecule has 4 nitrogen and oxygen atoms in total. The van der Waals surface area contributed by atoms with Crippen LogP contribution in [0.15, 0.2) is 23.2 Å². The molecule has 0 amide bonds. The van der Waals surface area contributed by atoms with Gasteiger partial charge >= 0.3 is 0 Å². The number of ether oxygens (including phenoxy) is 1. The molecule has 0 aromatic heterocycles. The molecule has 2 N–H and O–H groups in total. The summed E-state index contributed by atoms with van der Waals surface area (Å²) in [7, 11) is 3.50. The maximum Gasteiger partial charge on any atom is 0.191 e. The smallest absolute Gasteiger partial charge is 0.191 e. The second-order valence-electron chi connectivity index (χ2n) is 4.87. The zero-order chi connectivity index (χ0) is 14.8. The molecule has 1 aromatic rings. The second-order valence-corrected chi connectivity index (χ2v) is 4.87. The molecule has 0 heterocycles. The normalized spacial score (nSPS) is 11.3. The largest absolute Gasteiger partial charge is 0.496 e. The highest BCUT2D eigenvalue weighted by atomic mass is 16.5. The molecule has 0 radical (unpaired) electrons. The maximum absolute atomic E-state index is 5.40. The number of unbranched alkanes of at least 4 members (excludes halogenated alkanes) is 2. The van der Waals surface area contributed by atoms with Gasteiger partial charge in [-0.1, -0.05) is 31.9 Å². The molecule has 0 aliphatic carbocycles. The Morgan fingerprint density at radius 1 is 1.25 bits per heavy atom. The molecule has 20 heavy (non-hydrogen) atoms. The molecule has 1 aromatic carbocycles. The third-order valence-electron chi connectivity index (χ3n) is 3.19. The average Bonchev–Trinajstić information content (AvgIpc) is 2.47. The molecule has 0 saturated carbocycles. The van der Waals surface area contributed by atoms with E-state index >= 15 is 0 Å². The Bertz CT molecular complexity index is 430. The first-order valence-electron chi connectivity index (χ1n) is 7.29. The molecule has 0 spiro atoms. The predicted molar refractivity (Wildman–Crippen MR) is 85.5 cm³/mol. The number of nitrogens with one attached hydrogen (secondary N) is 2. The van der Waals surface area contributed by atoms with Crippen molar-refractivity contribution in [2.75, 3.05) is 20.7 Å². The van der Waals surface area contributed by atoms with E-state index in [2.05, 4.69) is 47.7 Å². The van der Waals surface area contributed by atoms with Crippen molar-refractivity contribution in [3.63, 3.8) is 0 Å². The van der Waals surface area contributed by atoms with Crippen molar-refractivity contribution in [2.45, 2.75) is 39.7 Å². The van der Waals surface area contributed by atoms with E-state index < -0.39 is 0 Å². The van der Waals surface area contributed by atoms with Crippen LogP contribution in [-0.4, -0.2) is 26.7 Å². The summed E-state index contributed by atoms with van der Waals surface area (Å²) in [5, 5.41) is 6.64. The van der Waals surface area contributed by atoms with Gasteiger partial charge in [-0.15, -0.1) is 0 Å². The van der Waals surface area contributed by atoms with Crippen LogP contribution in [-0.2, 0) is 6.54 Å². The summed E-state index contributed by atoms with van der Waals surface area (Å²) in [6.07, 6.45) is 3.65. The number of guanidine groups is 1. The minimum atomic E-state index is 0.705. The molecule has 0 saturated heterocycles. The number of rotatable bonds is 7. The van der Waals surface area contributed by atoms with Crippen LogP contribution in [0.1, 0.15) is 37.3 Å². The van der Waals surface area contributed by atoms with Crippen LogP contribution in [0, 0.1) is 6.92 Å². The van der Waals surface area contributed by atoms with Crippen LogP contribution in [0.4, 0.5) is 0 Å². The topological polar surface area (TPSA) is 45.7 Å². The van der Waals surface area contributed by atoms with E-state index in [1.54, 1.807) is 14.2 Å². The second kappa shape index (κ2) is 9.23. The molecule has 0 aliphatic rings. The molecular weight excluding hydrogens is 250 g/mol. The van der Waals surface area contributed by atoms with Crippen LogP contribution in [0.2, 0.25) is 0 Å². The van der Waals surface area contributed by atoms with E-state index in [9.17, 15) is 0 Å². The molecule has 0 unspecified atom stereocenters. The van der Waals surface area contributed by atoms with Crippen LogP contribution in [0.3, 0.4) is 0 Å². The third kappa shape index (κ3) is 5.51. The van der Waals surface area contributed by atoms with Gasteiger partial charge in [0.15, 0.2) is 5.96 Å². The predicted octanol–water partition coefficient (Wildman–Crippen LogP) is 2.86. The molecule has 0 atom stereocenters. The summed E-state index contributed by atoms with van der Waals surface area (Å²) in [5.74, 6) is 1.75. The quantitative estimate of drug-likeness (QED) is 0.457. The van der Waals surface area contributed by atoms with Crippen molar-refractivity contribution in [2.24, 2.45) is 4.99 Å². The van der Waals surface area contributed by atoms with Gasteiger partial charge in [0, 0.05) is 25.7 Å². The Morgan fingerprint density at radius 3 is 2.70 bits per heavy atom. The van der Waals surface area contributed by atoms with Gasteiger partial charge in [-0.3, -0.25) is 4.99 Å². The van der Waals surface area contributed by atoms with Crippen LogP contribution < -0.4 is 15.4 Å². The highest BCUT2D eigenvalue weighted by molar-refractivity contribution is 5.79. The lowest BCUT2D eigenvalue weighted by molar-refractivity contribution is 0.408. The fourth-order valence-corrected chi connectivity index (χ4v) is 1.98. The van der Waals surface area contributed by atoms with Gasteiger partial charge in [0.05, 0.1) is 7.11 Å². The molecule has 0 fully saturated rings. The Balaban J connectivity index is 2.48. The highest BCUT2D eigenvalue weighted by Crippen LogP contribution is 2.19. The Labute approximate surface area is 122 Å². The monoisotopic (exact) mass is 277 g/mol. The van der Waals surface area contributed by atoms with Gasteiger partial charge in [-0.25, -0.2) is 0 Å². The zero-order valence-corrected chi connectivity index (χ0v) is 13.1. The molecule has 112 valence electrons. The summed E-state index contributed by atoms with van der Waals surface area (Å²) in [6.45, 7) is 5.93. The van der Waals surface area contributed by atoms with E-state index in [0.29, 0.717) is 6.54 Å². The Hall–Kier alpha value is -1.71. The van der Waals surface area contributed by atoms with E-state index in [4.69, 9.17) is 4.74 Å². The number of aliphatic imine (C=N–C) groups is 1. The van der Waals surface area contributed by atoms with Crippen LogP contribution in [0.5, 0.6) is 5.75 Å². The maximum atomic E-state index is 5.40. The first-order chi connectivity index (χ1) is 9.71. The minimum Gasteiger partial charge on any atom is -0.496 e. The number of methoxy groups -OCH3 is 1. The fourth-order valence-electron chi connectivity index (χ4n) is 1.98. The summed E-state index contributed by atoms with van der Waals surface area (Å²) in [4.78, 5) is 4.23.